The Morgan fingerprint density at radius 3 is 1.53 bits per heavy atom. The molecule has 0 saturated carbocycles. The number of para-hydroxylation sites is 2. The van der Waals surface area contributed by atoms with Crippen molar-refractivity contribution in [3.8, 4) is 44.8 Å². The topological polar surface area (TPSA) is 13.1 Å². The van der Waals surface area contributed by atoms with Gasteiger partial charge in [0.15, 0.2) is 0 Å². The van der Waals surface area contributed by atoms with Crippen molar-refractivity contribution in [2.75, 3.05) is 4.90 Å². The number of benzene rings is 11. The number of rotatable bonds is 7. The van der Waals surface area contributed by atoms with Crippen molar-refractivity contribution in [1.29, 1.82) is 0 Å². The van der Waals surface area contributed by atoms with Crippen molar-refractivity contribution >= 4 is 71.4 Å². The minimum atomic E-state index is -0.147. The number of fused-ring (bicyclic) bond motifs is 11. The lowest BCUT2D eigenvalue weighted by molar-refractivity contribution is 0.660. The Labute approximate surface area is 407 Å². The number of hydrogen-bond acceptors (Lipinski definition) is 1. The summed E-state index contributed by atoms with van der Waals surface area (Å²) in [5.41, 5.74) is 20.4. The number of anilines is 3. The van der Waals surface area contributed by atoms with Gasteiger partial charge in [0.1, 0.15) is 0 Å². The average molecular weight is 894 g/mol. The van der Waals surface area contributed by atoms with Crippen molar-refractivity contribution in [1.82, 2.24) is 9.13 Å². The summed E-state index contributed by atoms with van der Waals surface area (Å²) in [6.45, 7) is 4.73. The SMILES string of the molecule is CC1(C)c2ccccc2-c2ccc(N(c3ccc(-c4ccc5c(c4)c4c6ccccc6ccc4n5-c4ccccc4)cc3)c3ccc4c(c3)c3cc(-c5ccccc5)ccc3n4-c3ccccc3)cc21. The van der Waals surface area contributed by atoms with Gasteiger partial charge in [-0.05, 0) is 152 Å². The first-order chi connectivity index (χ1) is 34.5. The van der Waals surface area contributed by atoms with E-state index in [2.05, 4.69) is 277 Å². The van der Waals surface area contributed by atoms with Gasteiger partial charge in [-0.15, -0.1) is 0 Å². The van der Waals surface area contributed by atoms with Crippen LogP contribution in [0.4, 0.5) is 17.1 Å². The van der Waals surface area contributed by atoms with Crippen LogP contribution < -0.4 is 4.90 Å². The minimum Gasteiger partial charge on any atom is -0.310 e. The zero-order valence-corrected chi connectivity index (χ0v) is 39.0. The third kappa shape index (κ3) is 6.15. The van der Waals surface area contributed by atoms with E-state index in [1.165, 1.54) is 98.9 Å². The Balaban J connectivity index is 0.950. The highest BCUT2D eigenvalue weighted by Crippen LogP contribution is 2.51. The van der Waals surface area contributed by atoms with Gasteiger partial charge in [-0.1, -0.05) is 166 Å². The Kier molecular flexibility index (Phi) is 8.93. The van der Waals surface area contributed by atoms with Gasteiger partial charge in [0.05, 0.1) is 22.1 Å². The molecule has 330 valence electrons. The molecule has 0 atom stereocenters. The second-order valence-corrected chi connectivity index (χ2v) is 19.3. The summed E-state index contributed by atoms with van der Waals surface area (Å²) in [6.07, 6.45) is 0. The Hall–Kier alpha value is -8.92. The molecule has 2 heterocycles. The fourth-order valence-corrected chi connectivity index (χ4v) is 11.7. The van der Waals surface area contributed by atoms with Gasteiger partial charge >= 0.3 is 0 Å². The van der Waals surface area contributed by atoms with Gasteiger partial charge in [-0.3, -0.25) is 0 Å². The predicted molar refractivity (Wildman–Crippen MR) is 296 cm³/mol. The van der Waals surface area contributed by atoms with Crippen molar-refractivity contribution in [3.63, 3.8) is 0 Å². The van der Waals surface area contributed by atoms with Crippen LogP contribution in [-0.4, -0.2) is 9.13 Å². The van der Waals surface area contributed by atoms with E-state index in [1.54, 1.807) is 0 Å². The van der Waals surface area contributed by atoms with Gasteiger partial charge in [0.25, 0.3) is 0 Å². The molecule has 0 spiro atoms. The standard InChI is InChI=1S/C67H47N3/c1-67(2)60-25-15-14-24-55(60)56-35-33-53(43-61(56)67)68(52-34-39-63-58(42-52)57-40-47(44-16-6-3-7-17-44)29-36-62(57)69(63)49-19-8-4-9-20-49)51-31-26-45(27-32-51)48-30-37-64-59(41-48)66-54-23-13-12-18-46(54)28-38-65(66)70(64)50-21-10-5-11-22-50/h3-43H,1-2H3. The molecule has 0 N–H and O–H groups in total. The van der Waals surface area contributed by atoms with Gasteiger partial charge in [-0.2, -0.15) is 0 Å². The molecular formula is C67H47N3. The Morgan fingerprint density at radius 1 is 0.314 bits per heavy atom. The van der Waals surface area contributed by atoms with Crippen LogP contribution >= 0.6 is 0 Å². The summed E-state index contributed by atoms with van der Waals surface area (Å²) in [7, 11) is 0. The lowest BCUT2D eigenvalue weighted by Crippen LogP contribution is -2.16. The minimum absolute atomic E-state index is 0.147. The molecule has 13 aromatic rings. The first kappa shape index (κ1) is 40.2. The predicted octanol–water partition coefficient (Wildman–Crippen LogP) is 18.1. The largest absolute Gasteiger partial charge is 0.310 e. The Bertz CT molecular complexity index is 4180. The second-order valence-electron chi connectivity index (χ2n) is 19.3. The van der Waals surface area contributed by atoms with Crippen LogP contribution in [0.3, 0.4) is 0 Å². The molecule has 14 rings (SSSR count). The van der Waals surface area contributed by atoms with E-state index in [0.717, 1.165) is 28.4 Å². The van der Waals surface area contributed by atoms with Crippen molar-refractivity contribution < 1.29 is 0 Å². The third-order valence-corrected chi connectivity index (χ3v) is 15.1. The van der Waals surface area contributed by atoms with Crippen LogP contribution in [0.2, 0.25) is 0 Å². The fraction of sp³-hybridized carbons (Fsp3) is 0.0448. The highest BCUT2D eigenvalue weighted by molar-refractivity contribution is 6.22. The number of hydrogen-bond donors (Lipinski definition) is 0. The molecule has 1 aliphatic rings. The van der Waals surface area contributed by atoms with Crippen LogP contribution in [0.15, 0.2) is 249 Å². The van der Waals surface area contributed by atoms with Crippen molar-refractivity contribution in [2.24, 2.45) is 0 Å². The van der Waals surface area contributed by atoms with Gasteiger partial charge in [-0.25, -0.2) is 0 Å². The van der Waals surface area contributed by atoms with E-state index in [1.807, 2.05) is 0 Å². The summed E-state index contributed by atoms with van der Waals surface area (Å²) < 4.78 is 4.82. The average Bonchev–Trinajstić information content (AvgIpc) is 4.01. The molecule has 0 radical (unpaired) electrons. The first-order valence-corrected chi connectivity index (χ1v) is 24.3. The zero-order chi connectivity index (χ0) is 46.5. The molecule has 0 saturated heterocycles. The first-order valence-electron chi connectivity index (χ1n) is 24.3. The summed E-state index contributed by atoms with van der Waals surface area (Å²) in [5.74, 6) is 0. The second kappa shape index (κ2) is 15.6. The summed E-state index contributed by atoms with van der Waals surface area (Å²) in [4.78, 5) is 2.46. The molecule has 0 bridgehead atoms. The van der Waals surface area contributed by atoms with E-state index in [9.17, 15) is 0 Å². The zero-order valence-electron chi connectivity index (χ0n) is 39.0. The molecule has 70 heavy (non-hydrogen) atoms. The van der Waals surface area contributed by atoms with Crippen LogP contribution in [0.5, 0.6) is 0 Å². The molecule has 11 aromatic carbocycles. The maximum absolute atomic E-state index is 2.46. The van der Waals surface area contributed by atoms with E-state index < -0.39 is 0 Å². The maximum atomic E-state index is 2.46. The molecule has 1 aliphatic carbocycles. The molecule has 0 fully saturated rings. The molecule has 0 amide bonds. The van der Waals surface area contributed by atoms with Gasteiger partial charge in [0.2, 0.25) is 0 Å². The molecule has 0 unspecified atom stereocenters. The smallest absolute Gasteiger partial charge is 0.0547 e. The van der Waals surface area contributed by atoms with Crippen molar-refractivity contribution in [2.45, 2.75) is 19.3 Å². The Morgan fingerprint density at radius 2 is 0.800 bits per heavy atom. The van der Waals surface area contributed by atoms with Gasteiger partial charge < -0.3 is 14.0 Å². The molecule has 3 nitrogen and oxygen atoms in total. The molecule has 0 aliphatic heterocycles. The normalized spacial score (nSPS) is 12.8. The molecule has 2 aromatic heterocycles. The number of aromatic nitrogens is 2. The van der Waals surface area contributed by atoms with Gasteiger partial charge in [0, 0.05) is 55.4 Å². The summed E-state index contributed by atoms with van der Waals surface area (Å²) in [6, 6.07) is 91.7. The fourth-order valence-electron chi connectivity index (χ4n) is 11.7. The van der Waals surface area contributed by atoms with E-state index >= 15 is 0 Å². The maximum Gasteiger partial charge on any atom is 0.0547 e. The molecular weight excluding hydrogens is 847 g/mol. The molecule has 3 heteroatoms. The van der Waals surface area contributed by atoms with Crippen LogP contribution in [0, 0.1) is 0 Å². The number of nitrogens with zero attached hydrogens (tertiary/aromatic N) is 3. The van der Waals surface area contributed by atoms with Crippen molar-refractivity contribution in [3.05, 3.63) is 260 Å². The van der Waals surface area contributed by atoms with Crippen LogP contribution in [-0.2, 0) is 5.41 Å². The van der Waals surface area contributed by atoms with E-state index in [-0.39, 0.29) is 5.41 Å². The highest BCUT2D eigenvalue weighted by atomic mass is 15.1. The summed E-state index contributed by atoms with van der Waals surface area (Å²) in [5, 5.41) is 7.47. The lowest BCUT2D eigenvalue weighted by atomic mass is 9.82. The van der Waals surface area contributed by atoms with Crippen LogP contribution in [0.1, 0.15) is 25.0 Å². The monoisotopic (exact) mass is 893 g/mol. The summed E-state index contributed by atoms with van der Waals surface area (Å²) >= 11 is 0. The lowest BCUT2D eigenvalue weighted by Gasteiger charge is -2.28. The quantitative estimate of drug-likeness (QED) is 0.155. The highest BCUT2D eigenvalue weighted by Gasteiger charge is 2.36. The van der Waals surface area contributed by atoms with Crippen LogP contribution in [0.25, 0.3) is 99.1 Å². The van der Waals surface area contributed by atoms with E-state index in [4.69, 9.17) is 0 Å². The third-order valence-electron chi connectivity index (χ3n) is 15.1. The van der Waals surface area contributed by atoms with E-state index in [0.29, 0.717) is 0 Å².